The van der Waals surface area contributed by atoms with Gasteiger partial charge in [0.25, 0.3) is 0 Å². The molecule has 1 fully saturated rings. The van der Waals surface area contributed by atoms with Gasteiger partial charge >= 0.3 is 5.97 Å². The number of carboxylic acids is 1. The van der Waals surface area contributed by atoms with Crippen molar-refractivity contribution in [1.29, 1.82) is 0 Å². The van der Waals surface area contributed by atoms with Gasteiger partial charge < -0.3 is 15.3 Å². The van der Waals surface area contributed by atoms with Gasteiger partial charge in [-0.1, -0.05) is 20.3 Å². The third kappa shape index (κ3) is 6.03. The number of hydrogen-bond donors (Lipinski definition) is 2. The summed E-state index contributed by atoms with van der Waals surface area (Å²) in [6.07, 6.45) is 3.71. The molecule has 0 spiro atoms. The number of rotatable bonds is 7. The van der Waals surface area contributed by atoms with Crippen LogP contribution in [0.5, 0.6) is 0 Å². The highest BCUT2D eigenvalue weighted by Gasteiger charge is 2.20. The van der Waals surface area contributed by atoms with Gasteiger partial charge in [0.05, 0.1) is 6.54 Å². The van der Waals surface area contributed by atoms with Gasteiger partial charge in [0, 0.05) is 13.1 Å². The van der Waals surface area contributed by atoms with E-state index in [0.717, 1.165) is 19.0 Å². The van der Waals surface area contributed by atoms with Gasteiger partial charge in [0.1, 0.15) is 0 Å². The quantitative estimate of drug-likeness (QED) is 0.709. The van der Waals surface area contributed by atoms with Crippen LogP contribution in [0.15, 0.2) is 0 Å². The molecule has 0 aliphatic carbocycles. The van der Waals surface area contributed by atoms with Crippen molar-refractivity contribution < 1.29 is 9.90 Å². The predicted octanol–water partition coefficient (Wildman–Crippen LogP) is 1.42. The van der Waals surface area contributed by atoms with E-state index in [2.05, 4.69) is 24.1 Å². The minimum absolute atomic E-state index is 0.0852. The topological polar surface area (TPSA) is 52.6 Å². The van der Waals surface area contributed by atoms with E-state index in [1.54, 1.807) is 0 Å². The standard InChI is InChI=1S/C13H26N2O2/c1-3-11(2)9-15-6-4-5-12(10-15)7-14-8-13(16)17/h11-12,14H,3-10H2,1-2H3,(H,16,17). The minimum atomic E-state index is -0.766. The van der Waals surface area contributed by atoms with E-state index in [1.165, 1.54) is 32.4 Å². The van der Waals surface area contributed by atoms with E-state index >= 15 is 0 Å². The average Bonchev–Trinajstić information content (AvgIpc) is 2.29. The van der Waals surface area contributed by atoms with Crippen molar-refractivity contribution in [2.24, 2.45) is 11.8 Å². The number of carboxylic acid groups (broad SMARTS) is 1. The summed E-state index contributed by atoms with van der Waals surface area (Å²) in [4.78, 5) is 12.9. The molecule has 1 heterocycles. The molecule has 0 aromatic carbocycles. The molecular weight excluding hydrogens is 216 g/mol. The molecule has 1 aliphatic heterocycles. The number of carbonyl (C=O) groups is 1. The molecule has 2 unspecified atom stereocenters. The minimum Gasteiger partial charge on any atom is -0.480 e. The maximum absolute atomic E-state index is 10.4. The van der Waals surface area contributed by atoms with Crippen LogP contribution in [0, 0.1) is 11.8 Å². The molecule has 0 aromatic heterocycles. The van der Waals surface area contributed by atoms with Gasteiger partial charge in [-0.2, -0.15) is 0 Å². The third-order valence-electron chi connectivity index (χ3n) is 3.58. The van der Waals surface area contributed by atoms with Gasteiger partial charge in [-0.25, -0.2) is 0 Å². The lowest BCUT2D eigenvalue weighted by atomic mass is 9.96. The molecule has 0 bridgehead atoms. The SMILES string of the molecule is CCC(C)CN1CCCC(CNCC(=O)O)C1. The fraction of sp³-hybridized carbons (Fsp3) is 0.923. The fourth-order valence-corrected chi connectivity index (χ4v) is 2.44. The third-order valence-corrected chi connectivity index (χ3v) is 3.58. The lowest BCUT2D eigenvalue weighted by Gasteiger charge is -2.34. The first-order chi connectivity index (χ1) is 8.11. The normalized spacial score (nSPS) is 23.5. The van der Waals surface area contributed by atoms with Crippen LogP contribution in [0.4, 0.5) is 0 Å². The highest BCUT2D eigenvalue weighted by molar-refractivity contribution is 5.68. The van der Waals surface area contributed by atoms with Gasteiger partial charge in [0.2, 0.25) is 0 Å². The van der Waals surface area contributed by atoms with E-state index in [9.17, 15) is 4.79 Å². The summed E-state index contributed by atoms with van der Waals surface area (Å²) >= 11 is 0. The lowest BCUT2D eigenvalue weighted by Crippen LogP contribution is -2.42. The monoisotopic (exact) mass is 242 g/mol. The van der Waals surface area contributed by atoms with Crippen molar-refractivity contribution in [2.75, 3.05) is 32.7 Å². The second kappa shape index (κ2) is 7.67. The first-order valence-corrected chi connectivity index (χ1v) is 6.76. The molecular formula is C13H26N2O2. The van der Waals surface area contributed by atoms with Crippen molar-refractivity contribution in [3.63, 3.8) is 0 Å². The molecule has 4 nitrogen and oxygen atoms in total. The van der Waals surface area contributed by atoms with Crippen LogP contribution >= 0.6 is 0 Å². The van der Waals surface area contributed by atoms with Crippen LogP contribution in [0.3, 0.4) is 0 Å². The number of likely N-dealkylation sites (tertiary alicyclic amines) is 1. The lowest BCUT2D eigenvalue weighted by molar-refractivity contribution is -0.136. The van der Waals surface area contributed by atoms with Crippen LogP contribution in [-0.4, -0.2) is 48.7 Å². The Morgan fingerprint density at radius 1 is 1.59 bits per heavy atom. The van der Waals surface area contributed by atoms with E-state index in [1.807, 2.05) is 0 Å². The Hall–Kier alpha value is -0.610. The maximum atomic E-state index is 10.4. The number of hydrogen-bond acceptors (Lipinski definition) is 3. The molecule has 4 heteroatoms. The summed E-state index contributed by atoms with van der Waals surface area (Å²) in [7, 11) is 0. The molecule has 1 aliphatic rings. The van der Waals surface area contributed by atoms with Gasteiger partial charge in [-0.3, -0.25) is 4.79 Å². The van der Waals surface area contributed by atoms with Crippen molar-refractivity contribution in [2.45, 2.75) is 33.1 Å². The summed E-state index contributed by atoms with van der Waals surface area (Å²) in [6.45, 7) is 8.97. The molecule has 17 heavy (non-hydrogen) atoms. The van der Waals surface area contributed by atoms with E-state index in [-0.39, 0.29) is 6.54 Å². The van der Waals surface area contributed by atoms with Crippen molar-refractivity contribution in [1.82, 2.24) is 10.2 Å². The van der Waals surface area contributed by atoms with Crippen molar-refractivity contribution in [3.8, 4) is 0 Å². The molecule has 2 N–H and O–H groups in total. The molecule has 100 valence electrons. The zero-order valence-electron chi connectivity index (χ0n) is 11.1. The van der Waals surface area contributed by atoms with E-state index < -0.39 is 5.97 Å². The highest BCUT2D eigenvalue weighted by atomic mass is 16.4. The molecule has 2 atom stereocenters. The Morgan fingerprint density at radius 3 is 3.00 bits per heavy atom. The Labute approximate surface area is 104 Å². The molecule has 1 saturated heterocycles. The zero-order chi connectivity index (χ0) is 12.7. The van der Waals surface area contributed by atoms with Crippen LogP contribution in [0.25, 0.3) is 0 Å². The molecule has 0 saturated carbocycles. The second-order valence-corrected chi connectivity index (χ2v) is 5.31. The van der Waals surface area contributed by atoms with Gasteiger partial charge in [-0.05, 0) is 37.8 Å². The summed E-state index contributed by atoms with van der Waals surface area (Å²) in [5.74, 6) is 0.616. The predicted molar refractivity (Wildman–Crippen MR) is 69.1 cm³/mol. The first-order valence-electron chi connectivity index (χ1n) is 6.76. The van der Waals surface area contributed by atoms with Crippen LogP contribution in [-0.2, 0) is 4.79 Å². The molecule has 0 radical (unpaired) electrons. The van der Waals surface area contributed by atoms with Crippen LogP contribution < -0.4 is 5.32 Å². The maximum Gasteiger partial charge on any atom is 0.317 e. The largest absolute Gasteiger partial charge is 0.480 e. The Morgan fingerprint density at radius 2 is 2.35 bits per heavy atom. The Kier molecular flexibility index (Phi) is 6.52. The Balaban J connectivity index is 2.21. The van der Waals surface area contributed by atoms with E-state index in [4.69, 9.17) is 5.11 Å². The van der Waals surface area contributed by atoms with Crippen LogP contribution in [0.2, 0.25) is 0 Å². The highest BCUT2D eigenvalue weighted by Crippen LogP contribution is 2.17. The summed E-state index contributed by atoms with van der Waals surface area (Å²) in [5, 5.41) is 11.6. The molecule has 1 rings (SSSR count). The Bertz CT molecular complexity index is 233. The summed E-state index contributed by atoms with van der Waals surface area (Å²) in [6, 6.07) is 0. The summed E-state index contributed by atoms with van der Waals surface area (Å²) in [5.41, 5.74) is 0. The number of nitrogens with one attached hydrogen (secondary N) is 1. The number of nitrogens with zero attached hydrogens (tertiary/aromatic N) is 1. The van der Waals surface area contributed by atoms with Crippen molar-refractivity contribution in [3.05, 3.63) is 0 Å². The van der Waals surface area contributed by atoms with Gasteiger partial charge in [0.15, 0.2) is 0 Å². The number of piperidine rings is 1. The number of aliphatic carboxylic acids is 1. The fourth-order valence-electron chi connectivity index (χ4n) is 2.44. The van der Waals surface area contributed by atoms with Crippen LogP contribution in [0.1, 0.15) is 33.1 Å². The summed E-state index contributed by atoms with van der Waals surface area (Å²) < 4.78 is 0. The first kappa shape index (κ1) is 14.5. The van der Waals surface area contributed by atoms with E-state index in [0.29, 0.717) is 5.92 Å². The second-order valence-electron chi connectivity index (χ2n) is 5.31. The van der Waals surface area contributed by atoms with Gasteiger partial charge in [-0.15, -0.1) is 0 Å². The zero-order valence-corrected chi connectivity index (χ0v) is 11.1. The smallest absolute Gasteiger partial charge is 0.317 e. The van der Waals surface area contributed by atoms with Crippen molar-refractivity contribution >= 4 is 5.97 Å². The average molecular weight is 242 g/mol. The molecule has 0 amide bonds. The molecule has 0 aromatic rings.